The Bertz CT molecular complexity index is 178. The van der Waals surface area contributed by atoms with Gasteiger partial charge in [0.15, 0.2) is 0 Å². The minimum absolute atomic E-state index is 0.176. The highest BCUT2D eigenvalue weighted by Gasteiger charge is 2.21. The summed E-state index contributed by atoms with van der Waals surface area (Å²) in [4.78, 5) is 17.1. The first-order chi connectivity index (χ1) is 6.24. The van der Waals surface area contributed by atoms with Crippen LogP contribution in [0.4, 0.5) is 9.18 Å². The van der Waals surface area contributed by atoms with Gasteiger partial charge in [-0.2, -0.15) is 0 Å². The number of nitrogens with zero attached hydrogens (tertiary/aromatic N) is 1. The van der Waals surface area contributed by atoms with Crippen LogP contribution in [0.3, 0.4) is 0 Å². The van der Waals surface area contributed by atoms with E-state index in [0.29, 0.717) is 13.0 Å². The fourth-order valence-corrected chi connectivity index (χ4v) is 1.43. The SMILES string of the molecule is CONC(=O)N1CCCCC(F)C1. The summed E-state index contributed by atoms with van der Waals surface area (Å²) in [5, 5.41) is 0. The molecule has 0 spiro atoms. The molecule has 76 valence electrons. The lowest BCUT2D eigenvalue weighted by Gasteiger charge is -2.20. The van der Waals surface area contributed by atoms with E-state index in [0.717, 1.165) is 12.8 Å². The predicted molar refractivity (Wildman–Crippen MR) is 45.9 cm³/mol. The number of carbonyl (C=O) groups excluding carboxylic acids is 1. The summed E-state index contributed by atoms with van der Waals surface area (Å²) >= 11 is 0. The normalized spacial score (nSPS) is 23.8. The number of nitrogens with one attached hydrogen (secondary N) is 1. The Morgan fingerprint density at radius 2 is 2.38 bits per heavy atom. The molecule has 1 unspecified atom stereocenters. The topological polar surface area (TPSA) is 41.6 Å². The Kier molecular flexibility index (Phi) is 3.95. The minimum atomic E-state index is -0.898. The van der Waals surface area contributed by atoms with Crippen LogP contribution in [0.1, 0.15) is 19.3 Å². The van der Waals surface area contributed by atoms with Crippen LogP contribution in [0.2, 0.25) is 0 Å². The summed E-state index contributed by atoms with van der Waals surface area (Å²) in [6.07, 6.45) is 1.36. The number of hydrogen-bond donors (Lipinski definition) is 1. The number of alkyl halides is 1. The average Bonchev–Trinajstić information content (AvgIpc) is 2.30. The smallest absolute Gasteiger partial charge is 0.320 e. The average molecular weight is 190 g/mol. The van der Waals surface area contributed by atoms with Crippen molar-refractivity contribution in [3.63, 3.8) is 0 Å². The fraction of sp³-hybridized carbons (Fsp3) is 0.875. The van der Waals surface area contributed by atoms with Crippen molar-refractivity contribution in [2.24, 2.45) is 0 Å². The minimum Gasteiger partial charge on any atom is -0.320 e. The zero-order valence-corrected chi connectivity index (χ0v) is 7.75. The standard InChI is InChI=1S/C8H15FN2O2/c1-13-10-8(12)11-5-3-2-4-7(9)6-11/h7H,2-6H2,1H3,(H,10,12). The summed E-state index contributed by atoms with van der Waals surface area (Å²) in [7, 11) is 1.36. The maximum Gasteiger partial charge on any atom is 0.341 e. The van der Waals surface area contributed by atoms with Gasteiger partial charge in [0.1, 0.15) is 6.17 Å². The zero-order valence-electron chi connectivity index (χ0n) is 7.75. The lowest BCUT2D eigenvalue weighted by atomic mass is 10.2. The summed E-state index contributed by atoms with van der Waals surface area (Å²) in [5.41, 5.74) is 2.18. The summed E-state index contributed by atoms with van der Waals surface area (Å²) < 4.78 is 13.0. The lowest BCUT2D eigenvalue weighted by Crippen LogP contribution is -2.42. The van der Waals surface area contributed by atoms with Crippen molar-refractivity contribution >= 4 is 6.03 Å². The van der Waals surface area contributed by atoms with Crippen LogP contribution in [0.15, 0.2) is 0 Å². The molecular formula is C8H15FN2O2. The van der Waals surface area contributed by atoms with Crippen molar-refractivity contribution < 1.29 is 14.0 Å². The molecule has 1 saturated heterocycles. The van der Waals surface area contributed by atoms with Gasteiger partial charge in [0.25, 0.3) is 0 Å². The third-order valence-electron chi connectivity index (χ3n) is 2.09. The van der Waals surface area contributed by atoms with E-state index in [9.17, 15) is 9.18 Å². The number of carbonyl (C=O) groups is 1. The van der Waals surface area contributed by atoms with Gasteiger partial charge in [0.05, 0.1) is 13.7 Å². The van der Waals surface area contributed by atoms with Crippen molar-refractivity contribution in [1.82, 2.24) is 10.4 Å². The molecule has 2 amide bonds. The van der Waals surface area contributed by atoms with E-state index in [4.69, 9.17) is 0 Å². The Morgan fingerprint density at radius 3 is 3.08 bits per heavy atom. The van der Waals surface area contributed by atoms with Crippen molar-refractivity contribution in [2.75, 3.05) is 20.2 Å². The second-order valence-corrected chi connectivity index (χ2v) is 3.15. The molecule has 1 aliphatic rings. The molecule has 1 aliphatic heterocycles. The second kappa shape index (κ2) is 5.01. The molecule has 1 rings (SSSR count). The summed E-state index contributed by atoms with van der Waals surface area (Å²) in [6.45, 7) is 0.783. The highest BCUT2D eigenvalue weighted by Crippen LogP contribution is 2.12. The van der Waals surface area contributed by atoms with Crippen LogP contribution in [0.25, 0.3) is 0 Å². The van der Waals surface area contributed by atoms with E-state index in [1.807, 2.05) is 0 Å². The highest BCUT2D eigenvalue weighted by molar-refractivity contribution is 5.73. The molecule has 0 aliphatic carbocycles. The summed E-state index contributed by atoms with van der Waals surface area (Å²) in [6, 6.07) is -0.355. The van der Waals surface area contributed by atoms with Crippen LogP contribution in [-0.2, 0) is 4.84 Å². The number of urea groups is 1. The lowest BCUT2D eigenvalue weighted by molar-refractivity contribution is 0.0832. The number of amides is 2. The number of rotatable bonds is 1. The van der Waals surface area contributed by atoms with E-state index in [2.05, 4.69) is 10.3 Å². The van der Waals surface area contributed by atoms with Crippen LogP contribution < -0.4 is 5.48 Å². The first kappa shape index (κ1) is 10.2. The zero-order chi connectivity index (χ0) is 9.68. The number of halogens is 1. The van der Waals surface area contributed by atoms with Gasteiger partial charge in [-0.1, -0.05) is 0 Å². The molecule has 1 heterocycles. The molecule has 13 heavy (non-hydrogen) atoms. The van der Waals surface area contributed by atoms with E-state index in [1.165, 1.54) is 12.0 Å². The van der Waals surface area contributed by atoms with Gasteiger partial charge in [-0.05, 0) is 19.3 Å². The molecule has 0 bridgehead atoms. The van der Waals surface area contributed by atoms with Gasteiger partial charge in [-0.15, -0.1) is 0 Å². The van der Waals surface area contributed by atoms with E-state index in [1.54, 1.807) is 0 Å². The van der Waals surface area contributed by atoms with Gasteiger partial charge in [-0.3, -0.25) is 4.84 Å². The number of hydrogen-bond acceptors (Lipinski definition) is 2. The largest absolute Gasteiger partial charge is 0.341 e. The highest BCUT2D eigenvalue weighted by atomic mass is 19.1. The molecule has 1 fully saturated rings. The van der Waals surface area contributed by atoms with Crippen molar-refractivity contribution in [2.45, 2.75) is 25.4 Å². The molecule has 4 nitrogen and oxygen atoms in total. The Labute approximate surface area is 77.0 Å². The Balaban J connectivity index is 2.42. The van der Waals surface area contributed by atoms with Gasteiger partial charge in [-0.25, -0.2) is 14.7 Å². The molecule has 0 radical (unpaired) electrons. The second-order valence-electron chi connectivity index (χ2n) is 3.15. The van der Waals surface area contributed by atoms with Crippen LogP contribution in [-0.4, -0.2) is 37.3 Å². The first-order valence-corrected chi connectivity index (χ1v) is 4.46. The van der Waals surface area contributed by atoms with E-state index < -0.39 is 6.17 Å². The fourth-order valence-electron chi connectivity index (χ4n) is 1.43. The van der Waals surface area contributed by atoms with E-state index >= 15 is 0 Å². The Morgan fingerprint density at radius 1 is 1.62 bits per heavy atom. The molecule has 0 aromatic rings. The molecule has 1 N–H and O–H groups in total. The third kappa shape index (κ3) is 3.18. The molecule has 0 aromatic carbocycles. The first-order valence-electron chi connectivity index (χ1n) is 4.46. The maximum absolute atomic E-state index is 13.0. The van der Waals surface area contributed by atoms with Crippen molar-refractivity contribution in [3.8, 4) is 0 Å². The van der Waals surface area contributed by atoms with Gasteiger partial charge < -0.3 is 4.90 Å². The quantitative estimate of drug-likeness (QED) is 0.629. The summed E-state index contributed by atoms with van der Waals surface area (Å²) in [5.74, 6) is 0. The number of likely N-dealkylation sites (tertiary alicyclic amines) is 1. The van der Waals surface area contributed by atoms with Gasteiger partial charge >= 0.3 is 6.03 Å². The molecule has 0 aromatic heterocycles. The molecule has 1 atom stereocenters. The van der Waals surface area contributed by atoms with Gasteiger partial charge in [0.2, 0.25) is 0 Å². The third-order valence-corrected chi connectivity index (χ3v) is 2.09. The van der Waals surface area contributed by atoms with Crippen LogP contribution >= 0.6 is 0 Å². The predicted octanol–water partition coefficient (Wildman–Crippen LogP) is 1.08. The van der Waals surface area contributed by atoms with Crippen LogP contribution in [0, 0.1) is 0 Å². The molecule has 5 heteroatoms. The number of hydroxylamine groups is 1. The maximum atomic E-state index is 13.0. The molecular weight excluding hydrogens is 175 g/mol. The van der Waals surface area contributed by atoms with E-state index in [-0.39, 0.29) is 12.6 Å². The van der Waals surface area contributed by atoms with Crippen molar-refractivity contribution in [1.29, 1.82) is 0 Å². The molecule has 0 saturated carbocycles. The van der Waals surface area contributed by atoms with Crippen LogP contribution in [0.5, 0.6) is 0 Å². The van der Waals surface area contributed by atoms with Crippen molar-refractivity contribution in [3.05, 3.63) is 0 Å². The monoisotopic (exact) mass is 190 g/mol. The Hall–Kier alpha value is -0.840. The van der Waals surface area contributed by atoms with Gasteiger partial charge in [0, 0.05) is 6.54 Å².